The molecule has 0 spiro atoms. The summed E-state index contributed by atoms with van der Waals surface area (Å²) in [6.07, 6.45) is 1.21. The van der Waals surface area contributed by atoms with Crippen LogP contribution in [0.1, 0.15) is 25.3 Å². The van der Waals surface area contributed by atoms with E-state index >= 15 is 0 Å². The molecule has 0 aromatic heterocycles. The fraction of sp³-hybridized carbons (Fsp3) is 0.471. The van der Waals surface area contributed by atoms with Gasteiger partial charge in [0.2, 0.25) is 0 Å². The van der Waals surface area contributed by atoms with E-state index in [4.69, 9.17) is 4.74 Å². The van der Waals surface area contributed by atoms with Crippen molar-refractivity contribution in [2.75, 3.05) is 6.61 Å². The molecule has 22 heavy (non-hydrogen) atoms. The van der Waals surface area contributed by atoms with Gasteiger partial charge in [-0.2, -0.15) is 0 Å². The third-order valence-electron chi connectivity index (χ3n) is 4.04. The van der Waals surface area contributed by atoms with Crippen molar-refractivity contribution in [3.05, 3.63) is 41.5 Å². The molecule has 3 unspecified atom stereocenters. The first kappa shape index (κ1) is 16.5. The number of benzene rings is 1. The van der Waals surface area contributed by atoms with Gasteiger partial charge in [-0.3, -0.25) is 4.79 Å². The van der Waals surface area contributed by atoms with E-state index in [9.17, 15) is 20.1 Å². The number of rotatable bonds is 5. The summed E-state index contributed by atoms with van der Waals surface area (Å²) in [5, 5.41) is 28.7. The van der Waals surface area contributed by atoms with E-state index in [0.29, 0.717) is 18.4 Å². The highest BCUT2D eigenvalue weighted by Gasteiger charge is 2.37. The maximum atomic E-state index is 11.9. The van der Waals surface area contributed by atoms with Gasteiger partial charge in [0.25, 0.3) is 0 Å². The van der Waals surface area contributed by atoms with E-state index in [1.807, 2.05) is 0 Å². The summed E-state index contributed by atoms with van der Waals surface area (Å²) in [6.45, 7) is 2.06. The number of hydrogen-bond acceptors (Lipinski definition) is 5. The second-order valence-corrected chi connectivity index (χ2v) is 5.57. The van der Waals surface area contributed by atoms with Crippen LogP contribution in [0, 0.1) is 5.92 Å². The molecular weight excluding hydrogens is 284 g/mol. The van der Waals surface area contributed by atoms with Gasteiger partial charge in [-0.05, 0) is 42.5 Å². The molecule has 1 aromatic carbocycles. The molecule has 5 heteroatoms. The summed E-state index contributed by atoms with van der Waals surface area (Å²) in [5.74, 6) is -0.279. The Morgan fingerprint density at radius 2 is 2.00 bits per heavy atom. The van der Waals surface area contributed by atoms with E-state index in [2.05, 4.69) is 0 Å². The zero-order valence-electron chi connectivity index (χ0n) is 12.6. The average molecular weight is 306 g/mol. The van der Waals surface area contributed by atoms with E-state index in [0.717, 1.165) is 5.56 Å². The molecule has 3 N–H and O–H groups in total. The van der Waals surface area contributed by atoms with Gasteiger partial charge in [-0.25, -0.2) is 0 Å². The molecule has 2 rings (SSSR count). The van der Waals surface area contributed by atoms with Crippen molar-refractivity contribution < 1.29 is 24.9 Å². The van der Waals surface area contributed by atoms with Crippen molar-refractivity contribution in [2.24, 2.45) is 5.92 Å². The largest absolute Gasteiger partial charge is 0.508 e. The Labute approximate surface area is 129 Å². The lowest BCUT2D eigenvalue weighted by molar-refractivity contribution is -0.144. The van der Waals surface area contributed by atoms with Crippen molar-refractivity contribution in [3.8, 4) is 5.75 Å². The summed E-state index contributed by atoms with van der Waals surface area (Å²) >= 11 is 0. The molecule has 0 saturated heterocycles. The molecule has 1 aromatic rings. The predicted octanol–water partition coefficient (Wildman–Crippen LogP) is 1.56. The molecule has 0 radical (unpaired) electrons. The number of ether oxygens (including phenoxy) is 1. The molecule has 1 aliphatic rings. The van der Waals surface area contributed by atoms with Crippen molar-refractivity contribution in [3.63, 3.8) is 0 Å². The second kappa shape index (κ2) is 7.42. The van der Waals surface area contributed by atoms with Gasteiger partial charge < -0.3 is 20.1 Å². The van der Waals surface area contributed by atoms with Crippen LogP contribution in [0.25, 0.3) is 0 Å². The zero-order chi connectivity index (χ0) is 16.1. The number of aliphatic hydroxyl groups excluding tert-OH is 2. The smallest absolute Gasteiger partial charge is 0.306 e. The number of hydrogen-bond donors (Lipinski definition) is 3. The van der Waals surface area contributed by atoms with E-state index < -0.39 is 12.2 Å². The molecule has 0 aliphatic heterocycles. The quantitative estimate of drug-likeness (QED) is 0.567. The maximum Gasteiger partial charge on any atom is 0.306 e. The Bertz CT molecular complexity index is 534. The van der Waals surface area contributed by atoms with Crippen molar-refractivity contribution in [2.45, 2.75) is 38.4 Å². The van der Waals surface area contributed by atoms with Crippen LogP contribution in [0.4, 0.5) is 0 Å². The van der Waals surface area contributed by atoms with E-state index in [-0.39, 0.29) is 30.7 Å². The number of phenols is 1. The monoisotopic (exact) mass is 306 g/mol. The normalized spacial score (nSPS) is 26.3. The first-order chi connectivity index (χ1) is 10.5. The number of phenolic OH excluding ortho intramolecular Hbond substituents is 1. The van der Waals surface area contributed by atoms with Gasteiger partial charge >= 0.3 is 5.97 Å². The SMILES string of the molecule is CC=C1C(CC(=O)OCCc2ccc(O)cc2)CC(O)C1O. The molecule has 1 aliphatic carbocycles. The lowest BCUT2D eigenvalue weighted by atomic mass is 9.98. The Morgan fingerprint density at radius 1 is 1.32 bits per heavy atom. The van der Waals surface area contributed by atoms with Gasteiger partial charge in [0, 0.05) is 6.42 Å². The Morgan fingerprint density at radius 3 is 2.64 bits per heavy atom. The summed E-state index contributed by atoms with van der Waals surface area (Å²) in [4.78, 5) is 11.9. The molecule has 0 amide bonds. The van der Waals surface area contributed by atoms with Gasteiger partial charge in [0.15, 0.2) is 0 Å². The van der Waals surface area contributed by atoms with Crippen LogP contribution < -0.4 is 0 Å². The summed E-state index contributed by atoms with van der Waals surface area (Å²) in [7, 11) is 0. The molecule has 0 bridgehead atoms. The van der Waals surface area contributed by atoms with Crippen LogP contribution in [0.2, 0.25) is 0 Å². The second-order valence-electron chi connectivity index (χ2n) is 5.57. The Kier molecular flexibility index (Phi) is 5.57. The van der Waals surface area contributed by atoms with Crippen LogP contribution in [-0.4, -0.2) is 40.1 Å². The molecule has 1 fully saturated rings. The first-order valence-corrected chi connectivity index (χ1v) is 7.47. The summed E-state index contributed by atoms with van der Waals surface area (Å²) in [5.41, 5.74) is 1.69. The lowest BCUT2D eigenvalue weighted by Gasteiger charge is -2.12. The predicted molar refractivity (Wildman–Crippen MR) is 81.3 cm³/mol. The van der Waals surface area contributed by atoms with Crippen LogP contribution in [0.3, 0.4) is 0 Å². The first-order valence-electron chi connectivity index (χ1n) is 7.47. The number of carbonyl (C=O) groups excluding carboxylic acids is 1. The minimum absolute atomic E-state index is 0.156. The Hall–Kier alpha value is -1.85. The highest BCUT2D eigenvalue weighted by molar-refractivity contribution is 5.70. The van der Waals surface area contributed by atoms with Gasteiger partial charge in [-0.1, -0.05) is 18.2 Å². The number of aromatic hydroxyl groups is 1. The lowest BCUT2D eigenvalue weighted by Crippen LogP contribution is -2.19. The summed E-state index contributed by atoms with van der Waals surface area (Å²) < 4.78 is 5.21. The van der Waals surface area contributed by atoms with Crippen molar-refractivity contribution in [1.29, 1.82) is 0 Å². The number of allylic oxidation sites excluding steroid dienone is 1. The van der Waals surface area contributed by atoms with Crippen LogP contribution >= 0.6 is 0 Å². The maximum absolute atomic E-state index is 11.9. The van der Waals surface area contributed by atoms with Crippen LogP contribution in [-0.2, 0) is 16.0 Å². The van der Waals surface area contributed by atoms with Crippen LogP contribution in [0.15, 0.2) is 35.9 Å². The minimum Gasteiger partial charge on any atom is -0.508 e. The highest BCUT2D eigenvalue weighted by Crippen LogP contribution is 2.34. The minimum atomic E-state index is -0.875. The Balaban J connectivity index is 1.77. The molecule has 5 nitrogen and oxygen atoms in total. The third-order valence-corrected chi connectivity index (χ3v) is 4.04. The van der Waals surface area contributed by atoms with Crippen LogP contribution in [0.5, 0.6) is 5.75 Å². The highest BCUT2D eigenvalue weighted by atomic mass is 16.5. The third kappa shape index (κ3) is 4.08. The standard InChI is InChI=1S/C17H22O5/c1-2-14-12(9-15(19)17(14)21)10-16(20)22-8-7-11-3-5-13(18)6-4-11/h2-6,12,15,17-19,21H,7-10H2,1H3. The fourth-order valence-electron chi connectivity index (χ4n) is 2.83. The van der Waals surface area contributed by atoms with Crippen molar-refractivity contribution >= 4 is 5.97 Å². The topological polar surface area (TPSA) is 87.0 Å². The molecule has 120 valence electrons. The average Bonchev–Trinajstić information content (AvgIpc) is 2.75. The number of aliphatic hydroxyl groups is 2. The van der Waals surface area contributed by atoms with Gasteiger partial charge in [0.1, 0.15) is 11.9 Å². The molecule has 1 saturated carbocycles. The molecule has 3 atom stereocenters. The fourth-order valence-corrected chi connectivity index (χ4v) is 2.83. The van der Waals surface area contributed by atoms with Gasteiger partial charge in [-0.15, -0.1) is 0 Å². The van der Waals surface area contributed by atoms with E-state index in [1.54, 1.807) is 37.3 Å². The number of carbonyl (C=O) groups is 1. The summed E-state index contributed by atoms with van der Waals surface area (Å²) in [6, 6.07) is 6.75. The number of esters is 1. The molecule has 0 heterocycles. The van der Waals surface area contributed by atoms with Gasteiger partial charge in [0.05, 0.1) is 19.1 Å². The van der Waals surface area contributed by atoms with E-state index in [1.165, 1.54) is 0 Å². The molecular formula is C17H22O5. The van der Waals surface area contributed by atoms with Crippen molar-refractivity contribution in [1.82, 2.24) is 0 Å². The zero-order valence-corrected chi connectivity index (χ0v) is 12.6.